The second-order valence-corrected chi connectivity index (χ2v) is 6.16. The summed E-state index contributed by atoms with van der Waals surface area (Å²) in [5.74, 6) is 0. The Bertz CT molecular complexity index is 803. The van der Waals surface area contributed by atoms with E-state index in [2.05, 4.69) is 20.7 Å². The molecule has 3 heterocycles. The number of anilines is 1. The van der Waals surface area contributed by atoms with E-state index in [4.69, 9.17) is 4.74 Å². The van der Waals surface area contributed by atoms with Gasteiger partial charge in [-0.3, -0.25) is 4.68 Å². The summed E-state index contributed by atoms with van der Waals surface area (Å²) in [6, 6.07) is 1.43. The van der Waals surface area contributed by atoms with Crippen LogP contribution in [0.3, 0.4) is 0 Å². The molecule has 0 unspecified atom stereocenters. The zero-order chi connectivity index (χ0) is 18.0. The number of aromatic nitrogens is 3. The fraction of sp³-hybridized carbons (Fsp3) is 0.500. The van der Waals surface area contributed by atoms with E-state index in [1.165, 1.54) is 7.11 Å². The number of fused-ring (bicyclic) bond motifs is 1. The molecule has 2 aromatic heterocycles. The largest absolute Gasteiger partial charge is 0.453 e. The molecule has 1 fully saturated rings. The molecular formula is C16H22N6O3. The minimum Gasteiger partial charge on any atom is -0.453 e. The Morgan fingerprint density at radius 1 is 1.40 bits per heavy atom. The van der Waals surface area contributed by atoms with E-state index in [-0.39, 0.29) is 18.2 Å². The number of amides is 3. The number of hydrogen-bond donors (Lipinski definition) is 2. The predicted molar refractivity (Wildman–Crippen MR) is 92.4 cm³/mol. The topological polar surface area (TPSA) is 101 Å². The first-order valence-corrected chi connectivity index (χ1v) is 8.17. The van der Waals surface area contributed by atoms with Gasteiger partial charge in [0.1, 0.15) is 0 Å². The van der Waals surface area contributed by atoms with Crippen LogP contribution in [0.25, 0.3) is 11.0 Å². The van der Waals surface area contributed by atoms with Crippen molar-refractivity contribution in [1.29, 1.82) is 0 Å². The maximum absolute atomic E-state index is 12.2. The van der Waals surface area contributed by atoms with Crippen molar-refractivity contribution in [3.05, 3.63) is 18.0 Å². The highest BCUT2D eigenvalue weighted by molar-refractivity contribution is 5.92. The molecule has 0 radical (unpaired) electrons. The van der Waals surface area contributed by atoms with Crippen LogP contribution in [0.15, 0.2) is 12.3 Å². The minimum atomic E-state index is -0.367. The lowest BCUT2D eigenvalue weighted by Crippen LogP contribution is -2.50. The smallest absolute Gasteiger partial charge is 0.409 e. The van der Waals surface area contributed by atoms with E-state index in [0.29, 0.717) is 18.8 Å². The van der Waals surface area contributed by atoms with Gasteiger partial charge in [-0.05, 0) is 25.8 Å². The summed E-state index contributed by atoms with van der Waals surface area (Å²) in [6.45, 7) is 2.99. The lowest BCUT2D eigenvalue weighted by Gasteiger charge is -2.32. The van der Waals surface area contributed by atoms with Crippen molar-refractivity contribution in [3.63, 3.8) is 0 Å². The number of carbonyl (C=O) groups is 2. The average molecular weight is 346 g/mol. The molecule has 9 heteroatoms. The second kappa shape index (κ2) is 6.96. The highest BCUT2D eigenvalue weighted by Crippen LogP contribution is 2.19. The number of pyridine rings is 1. The zero-order valence-corrected chi connectivity index (χ0v) is 14.6. The molecule has 3 rings (SSSR count). The van der Waals surface area contributed by atoms with Crippen molar-refractivity contribution >= 4 is 28.8 Å². The van der Waals surface area contributed by atoms with Gasteiger partial charge in [0, 0.05) is 31.6 Å². The predicted octanol–water partition coefficient (Wildman–Crippen LogP) is 1.63. The molecule has 3 amide bonds. The van der Waals surface area contributed by atoms with Crippen LogP contribution in [-0.2, 0) is 11.8 Å². The Labute approximate surface area is 145 Å². The molecule has 1 aliphatic heterocycles. The van der Waals surface area contributed by atoms with Crippen LogP contribution in [-0.4, -0.2) is 58.0 Å². The summed E-state index contributed by atoms with van der Waals surface area (Å²) in [4.78, 5) is 29.8. The fourth-order valence-corrected chi connectivity index (χ4v) is 3.12. The number of ether oxygens (including phenoxy) is 1. The molecule has 2 N–H and O–H groups in total. The Kier molecular flexibility index (Phi) is 4.73. The van der Waals surface area contributed by atoms with E-state index in [1.54, 1.807) is 15.8 Å². The van der Waals surface area contributed by atoms with E-state index >= 15 is 0 Å². The highest BCUT2D eigenvalue weighted by Gasteiger charge is 2.25. The van der Waals surface area contributed by atoms with Crippen molar-refractivity contribution in [1.82, 2.24) is 25.0 Å². The summed E-state index contributed by atoms with van der Waals surface area (Å²) in [5.41, 5.74) is 2.22. The summed E-state index contributed by atoms with van der Waals surface area (Å²) >= 11 is 0. The van der Waals surface area contributed by atoms with Gasteiger partial charge in [-0.25, -0.2) is 14.6 Å². The number of nitrogens with one attached hydrogen (secondary N) is 2. The van der Waals surface area contributed by atoms with Crippen molar-refractivity contribution in [3.8, 4) is 0 Å². The molecule has 2 aromatic rings. The lowest BCUT2D eigenvalue weighted by molar-refractivity contribution is 0.108. The number of rotatable bonds is 2. The highest BCUT2D eigenvalue weighted by atomic mass is 16.5. The van der Waals surface area contributed by atoms with Gasteiger partial charge in [0.15, 0.2) is 5.65 Å². The number of urea groups is 1. The van der Waals surface area contributed by atoms with Gasteiger partial charge in [0.25, 0.3) is 0 Å². The molecule has 25 heavy (non-hydrogen) atoms. The van der Waals surface area contributed by atoms with Crippen molar-refractivity contribution in [2.75, 3.05) is 25.5 Å². The van der Waals surface area contributed by atoms with Crippen LogP contribution < -0.4 is 10.6 Å². The maximum atomic E-state index is 12.2. The first-order chi connectivity index (χ1) is 12.0. The van der Waals surface area contributed by atoms with Crippen LogP contribution in [0.5, 0.6) is 0 Å². The van der Waals surface area contributed by atoms with E-state index in [9.17, 15) is 9.59 Å². The monoisotopic (exact) mass is 346 g/mol. The Morgan fingerprint density at radius 3 is 2.96 bits per heavy atom. The van der Waals surface area contributed by atoms with Crippen LogP contribution in [0.1, 0.15) is 18.5 Å². The maximum Gasteiger partial charge on any atom is 0.409 e. The molecule has 9 nitrogen and oxygen atoms in total. The number of nitrogens with zero attached hydrogens (tertiary/aromatic N) is 4. The molecule has 1 saturated heterocycles. The average Bonchev–Trinajstić information content (AvgIpc) is 2.88. The van der Waals surface area contributed by atoms with Crippen LogP contribution >= 0.6 is 0 Å². The third-order valence-electron chi connectivity index (χ3n) is 4.31. The van der Waals surface area contributed by atoms with Gasteiger partial charge >= 0.3 is 12.1 Å². The Morgan fingerprint density at radius 2 is 2.20 bits per heavy atom. The van der Waals surface area contributed by atoms with E-state index in [1.807, 2.05) is 20.0 Å². The van der Waals surface area contributed by atoms with Gasteiger partial charge < -0.3 is 20.3 Å². The van der Waals surface area contributed by atoms with Gasteiger partial charge in [-0.2, -0.15) is 5.10 Å². The second-order valence-electron chi connectivity index (χ2n) is 6.16. The number of carbonyl (C=O) groups excluding carboxylic acids is 2. The summed E-state index contributed by atoms with van der Waals surface area (Å²) in [7, 11) is 3.19. The van der Waals surface area contributed by atoms with Gasteiger partial charge in [0.05, 0.1) is 24.7 Å². The first kappa shape index (κ1) is 17.0. The molecular weight excluding hydrogens is 324 g/mol. The SMILES string of the molecule is COC(=O)N1CCC[C@H](NC(=O)Nc2cnc3c(c2)c(C)nn3C)C1. The minimum absolute atomic E-state index is 0.107. The Hall–Kier alpha value is -2.84. The van der Waals surface area contributed by atoms with Gasteiger partial charge in [-0.15, -0.1) is 0 Å². The molecule has 0 saturated carbocycles. The van der Waals surface area contributed by atoms with Crippen LogP contribution in [0.2, 0.25) is 0 Å². The normalized spacial score (nSPS) is 17.4. The fourth-order valence-electron chi connectivity index (χ4n) is 3.12. The van der Waals surface area contributed by atoms with Crippen molar-refractivity contribution in [2.24, 2.45) is 7.05 Å². The zero-order valence-electron chi connectivity index (χ0n) is 14.6. The number of methoxy groups -OCH3 is 1. The quantitative estimate of drug-likeness (QED) is 0.860. The number of likely N-dealkylation sites (tertiary alicyclic amines) is 1. The molecule has 1 aliphatic rings. The lowest BCUT2D eigenvalue weighted by atomic mass is 10.1. The molecule has 0 aromatic carbocycles. The van der Waals surface area contributed by atoms with Gasteiger partial charge in [0.2, 0.25) is 0 Å². The Balaban J connectivity index is 1.62. The number of aryl methyl sites for hydroxylation is 2. The molecule has 0 aliphatic carbocycles. The van der Waals surface area contributed by atoms with E-state index in [0.717, 1.165) is 29.6 Å². The summed E-state index contributed by atoms with van der Waals surface area (Å²) < 4.78 is 6.44. The number of hydrogen-bond acceptors (Lipinski definition) is 5. The van der Waals surface area contributed by atoms with Crippen molar-refractivity contribution in [2.45, 2.75) is 25.8 Å². The van der Waals surface area contributed by atoms with Crippen LogP contribution in [0, 0.1) is 6.92 Å². The number of piperidine rings is 1. The van der Waals surface area contributed by atoms with E-state index < -0.39 is 0 Å². The van der Waals surface area contributed by atoms with Gasteiger partial charge in [-0.1, -0.05) is 0 Å². The standard InChI is InChI=1S/C16H22N6O3/c1-10-13-7-12(8-17-14(13)21(2)20-10)19-15(23)18-11-5-4-6-22(9-11)16(24)25-3/h7-8,11H,4-6,9H2,1-3H3,(H2,18,19,23)/t11-/m0/s1. The summed E-state index contributed by atoms with van der Waals surface area (Å²) in [5, 5.41) is 10.9. The molecule has 0 spiro atoms. The first-order valence-electron chi connectivity index (χ1n) is 8.17. The molecule has 0 bridgehead atoms. The molecule has 134 valence electrons. The third kappa shape index (κ3) is 3.65. The third-order valence-corrected chi connectivity index (χ3v) is 4.31. The summed E-state index contributed by atoms with van der Waals surface area (Å²) in [6.07, 6.45) is 2.88. The van der Waals surface area contributed by atoms with Crippen molar-refractivity contribution < 1.29 is 14.3 Å². The molecule has 1 atom stereocenters. The van der Waals surface area contributed by atoms with Crippen LogP contribution in [0.4, 0.5) is 15.3 Å².